The van der Waals surface area contributed by atoms with Crippen LogP contribution in [0.25, 0.3) is 0 Å². The minimum Gasteiger partial charge on any atom is -0.351 e. The van der Waals surface area contributed by atoms with Crippen molar-refractivity contribution in [3.63, 3.8) is 0 Å². The molecule has 0 aliphatic heterocycles. The van der Waals surface area contributed by atoms with Gasteiger partial charge in [0.15, 0.2) is 6.61 Å². The maximum Gasteiger partial charge on any atom is 0.249 e. The molecule has 0 aromatic heterocycles. The zero-order valence-electron chi connectivity index (χ0n) is 4.52. The van der Waals surface area contributed by atoms with E-state index < -0.39 is 12.5 Å². The number of carbonyl (C=O) groups is 1. The van der Waals surface area contributed by atoms with E-state index in [0.717, 1.165) is 0 Å². The van der Waals surface area contributed by atoms with Gasteiger partial charge in [-0.3, -0.25) is 4.79 Å². The molecule has 1 radical (unpaired) electrons. The molecule has 0 saturated heterocycles. The van der Waals surface area contributed by atoms with E-state index in [2.05, 4.69) is 11.9 Å². The molecule has 0 heterocycles. The topological polar surface area (TPSA) is 49.0 Å². The Morgan fingerprint density at radius 1 is 1.75 bits per heavy atom. The van der Waals surface area contributed by atoms with Crippen molar-refractivity contribution in [2.75, 3.05) is 13.2 Å². The van der Waals surface area contributed by atoms with Gasteiger partial charge in [0.2, 0.25) is 5.91 Å². The molecular formula is C5H8NO2. The van der Waals surface area contributed by atoms with Crippen LogP contribution >= 0.6 is 0 Å². The van der Waals surface area contributed by atoms with Crippen LogP contribution in [0.2, 0.25) is 0 Å². The van der Waals surface area contributed by atoms with E-state index in [1.54, 1.807) is 0 Å². The summed E-state index contributed by atoms with van der Waals surface area (Å²) >= 11 is 0. The number of hydrogen-bond acceptors (Lipinski definition) is 1. The van der Waals surface area contributed by atoms with E-state index in [-0.39, 0.29) is 0 Å². The lowest BCUT2D eigenvalue weighted by Crippen LogP contribution is -2.25. The summed E-state index contributed by atoms with van der Waals surface area (Å²) < 4.78 is 0. The molecule has 0 aliphatic carbocycles. The molecule has 3 nitrogen and oxygen atoms in total. The summed E-state index contributed by atoms with van der Waals surface area (Å²) in [6, 6.07) is 0. The van der Waals surface area contributed by atoms with Crippen LogP contribution in [-0.2, 0) is 9.90 Å². The van der Waals surface area contributed by atoms with Gasteiger partial charge < -0.3 is 5.32 Å². The second kappa shape index (κ2) is 4.33. The first-order valence-electron chi connectivity index (χ1n) is 2.27. The van der Waals surface area contributed by atoms with Crippen molar-refractivity contribution in [3.8, 4) is 0 Å². The molecule has 1 amide bonds. The van der Waals surface area contributed by atoms with Crippen LogP contribution in [0, 0.1) is 0 Å². The van der Waals surface area contributed by atoms with Crippen LogP contribution in [0.5, 0.6) is 0 Å². The molecule has 0 aromatic rings. The molecule has 1 N–H and O–H groups in total. The molecule has 8 heavy (non-hydrogen) atoms. The Labute approximate surface area is 48.0 Å². The van der Waals surface area contributed by atoms with E-state index in [9.17, 15) is 9.90 Å². The minimum absolute atomic E-state index is 0.376. The van der Waals surface area contributed by atoms with Gasteiger partial charge >= 0.3 is 0 Å². The van der Waals surface area contributed by atoms with Crippen molar-refractivity contribution < 1.29 is 9.90 Å². The molecule has 45 valence electrons. The number of carbonyl (C=O) groups excluding carboxylic acids is 1. The third-order valence-corrected chi connectivity index (χ3v) is 0.575. The number of rotatable bonds is 3. The van der Waals surface area contributed by atoms with Crippen molar-refractivity contribution in [1.29, 1.82) is 0 Å². The second-order valence-corrected chi connectivity index (χ2v) is 1.24. The lowest BCUT2D eigenvalue weighted by Gasteiger charge is -1.93. The van der Waals surface area contributed by atoms with E-state index in [0.29, 0.717) is 6.54 Å². The van der Waals surface area contributed by atoms with Crippen LogP contribution in [0.15, 0.2) is 12.7 Å². The molecule has 3 heteroatoms. The molecule has 0 aliphatic rings. The summed E-state index contributed by atoms with van der Waals surface area (Å²) in [4.78, 5) is 10.1. The second-order valence-electron chi connectivity index (χ2n) is 1.24. The first-order chi connectivity index (χ1) is 3.81. The third kappa shape index (κ3) is 3.36. The largest absolute Gasteiger partial charge is 0.351 e. The van der Waals surface area contributed by atoms with Crippen LogP contribution in [0.1, 0.15) is 0 Å². The molecule has 0 bridgehead atoms. The smallest absolute Gasteiger partial charge is 0.249 e. The Morgan fingerprint density at radius 2 is 2.38 bits per heavy atom. The molecule has 0 aromatic carbocycles. The van der Waals surface area contributed by atoms with Crippen LogP contribution in [-0.4, -0.2) is 19.1 Å². The maximum atomic E-state index is 10.1. The Kier molecular flexibility index (Phi) is 3.88. The Bertz CT molecular complexity index is 90.4. The molecule has 0 atom stereocenters. The predicted octanol–water partition coefficient (Wildman–Crippen LogP) is -0.281. The zero-order chi connectivity index (χ0) is 6.41. The maximum absolute atomic E-state index is 10.1. The Balaban J connectivity index is 3.11. The average Bonchev–Trinajstić information content (AvgIpc) is 1.83. The van der Waals surface area contributed by atoms with Crippen molar-refractivity contribution in [2.24, 2.45) is 0 Å². The summed E-state index contributed by atoms with van der Waals surface area (Å²) in [5, 5.41) is 12.0. The number of nitrogens with one attached hydrogen (secondary N) is 1. The highest BCUT2D eigenvalue weighted by Gasteiger charge is 1.92. The summed E-state index contributed by atoms with van der Waals surface area (Å²) in [6.45, 7) is 3.03. The molecular weight excluding hydrogens is 106 g/mol. The Morgan fingerprint density at radius 3 is 2.75 bits per heavy atom. The lowest BCUT2D eigenvalue weighted by molar-refractivity contribution is -0.125. The quantitative estimate of drug-likeness (QED) is 0.504. The highest BCUT2D eigenvalue weighted by Crippen LogP contribution is 1.62. The SMILES string of the molecule is C=CCNC(=O)C[O]. The predicted molar refractivity (Wildman–Crippen MR) is 28.8 cm³/mol. The van der Waals surface area contributed by atoms with Crippen molar-refractivity contribution >= 4 is 5.91 Å². The zero-order valence-corrected chi connectivity index (χ0v) is 4.52. The highest BCUT2D eigenvalue weighted by atomic mass is 16.3. The monoisotopic (exact) mass is 114 g/mol. The van der Waals surface area contributed by atoms with E-state index >= 15 is 0 Å². The molecule has 0 rings (SSSR count). The fourth-order valence-electron chi connectivity index (χ4n) is 0.237. The van der Waals surface area contributed by atoms with Gasteiger partial charge in [-0.1, -0.05) is 6.08 Å². The standard InChI is InChI=1S/C5H8NO2/c1-2-3-6-5(8)4-7/h2H,1,3-4H2,(H,6,8). The summed E-state index contributed by atoms with van der Waals surface area (Å²) in [5.41, 5.74) is 0. The van der Waals surface area contributed by atoms with Gasteiger partial charge in [0, 0.05) is 6.54 Å². The van der Waals surface area contributed by atoms with E-state index in [1.807, 2.05) is 0 Å². The van der Waals surface area contributed by atoms with Gasteiger partial charge in [-0.05, 0) is 0 Å². The summed E-state index contributed by atoms with van der Waals surface area (Å²) in [5.74, 6) is -0.482. The van der Waals surface area contributed by atoms with Gasteiger partial charge in [-0.15, -0.1) is 6.58 Å². The average molecular weight is 114 g/mol. The van der Waals surface area contributed by atoms with Crippen molar-refractivity contribution in [3.05, 3.63) is 12.7 Å². The first-order valence-corrected chi connectivity index (χ1v) is 2.27. The highest BCUT2D eigenvalue weighted by molar-refractivity contribution is 5.76. The van der Waals surface area contributed by atoms with Crippen LogP contribution < -0.4 is 5.32 Å². The molecule has 0 saturated carbocycles. The number of hydrogen-bond donors (Lipinski definition) is 1. The lowest BCUT2D eigenvalue weighted by atomic mass is 10.5. The van der Waals surface area contributed by atoms with E-state index in [1.165, 1.54) is 6.08 Å². The fraction of sp³-hybridized carbons (Fsp3) is 0.400. The molecule has 0 spiro atoms. The van der Waals surface area contributed by atoms with Gasteiger partial charge in [-0.25, -0.2) is 5.11 Å². The van der Waals surface area contributed by atoms with Gasteiger partial charge in [0.05, 0.1) is 0 Å². The molecule has 0 unspecified atom stereocenters. The first kappa shape index (κ1) is 7.17. The van der Waals surface area contributed by atoms with Gasteiger partial charge in [-0.2, -0.15) is 0 Å². The summed E-state index contributed by atoms with van der Waals surface area (Å²) in [6.07, 6.45) is 1.52. The van der Waals surface area contributed by atoms with Crippen LogP contribution in [0.4, 0.5) is 0 Å². The summed E-state index contributed by atoms with van der Waals surface area (Å²) in [7, 11) is 0. The fourth-order valence-corrected chi connectivity index (χ4v) is 0.237. The minimum atomic E-state index is -0.701. The van der Waals surface area contributed by atoms with Gasteiger partial charge in [0.25, 0.3) is 0 Å². The third-order valence-electron chi connectivity index (χ3n) is 0.575. The Hall–Kier alpha value is -0.830. The normalized spacial score (nSPS) is 8.12. The van der Waals surface area contributed by atoms with Crippen molar-refractivity contribution in [2.45, 2.75) is 0 Å². The number of amides is 1. The van der Waals surface area contributed by atoms with Crippen molar-refractivity contribution in [1.82, 2.24) is 5.32 Å². The van der Waals surface area contributed by atoms with E-state index in [4.69, 9.17) is 0 Å². The molecule has 0 fully saturated rings. The van der Waals surface area contributed by atoms with Crippen LogP contribution in [0.3, 0.4) is 0 Å². The van der Waals surface area contributed by atoms with Gasteiger partial charge in [0.1, 0.15) is 0 Å².